The third kappa shape index (κ3) is 4.78. The molecule has 0 bridgehead atoms. The molecule has 2 fully saturated rings. The summed E-state index contributed by atoms with van der Waals surface area (Å²) in [6.07, 6.45) is 6.61. The van der Waals surface area contributed by atoms with Gasteiger partial charge in [-0.05, 0) is 81.2 Å². The highest BCUT2D eigenvalue weighted by atomic mass is 19.1. The zero-order chi connectivity index (χ0) is 25.4. The summed E-state index contributed by atoms with van der Waals surface area (Å²) in [7, 11) is 0. The number of hydrogen-bond acceptors (Lipinski definition) is 5. The predicted molar refractivity (Wildman–Crippen MR) is 141 cm³/mol. The van der Waals surface area contributed by atoms with Crippen molar-refractivity contribution >= 4 is 11.7 Å². The van der Waals surface area contributed by atoms with E-state index in [1.165, 1.54) is 12.1 Å². The van der Waals surface area contributed by atoms with Crippen LogP contribution in [-0.2, 0) is 0 Å². The fraction of sp³-hybridized carbons (Fsp3) is 0.467. The SMILES string of the molecule is CCCC(C)c1ccc(-c2ccc(F)cc2C(=O)C2CC[C@H]3CN(c4nc(C)cc(C)n4)[C@H]3C2)cn1. The van der Waals surface area contributed by atoms with E-state index in [4.69, 9.17) is 0 Å². The van der Waals surface area contributed by atoms with E-state index in [1.807, 2.05) is 38.2 Å². The van der Waals surface area contributed by atoms with Crippen LogP contribution in [0.2, 0.25) is 0 Å². The van der Waals surface area contributed by atoms with Gasteiger partial charge in [0.15, 0.2) is 5.78 Å². The van der Waals surface area contributed by atoms with E-state index in [0.717, 1.165) is 72.8 Å². The van der Waals surface area contributed by atoms with Crippen molar-refractivity contribution in [1.82, 2.24) is 15.0 Å². The molecular weight excluding hydrogens is 451 g/mol. The molecule has 36 heavy (non-hydrogen) atoms. The van der Waals surface area contributed by atoms with Gasteiger partial charge in [0.1, 0.15) is 5.82 Å². The molecule has 1 aliphatic carbocycles. The van der Waals surface area contributed by atoms with Gasteiger partial charge in [0, 0.05) is 52.9 Å². The predicted octanol–water partition coefficient (Wildman–Crippen LogP) is 6.69. The topological polar surface area (TPSA) is 59.0 Å². The van der Waals surface area contributed by atoms with Gasteiger partial charge >= 0.3 is 0 Å². The Morgan fingerprint density at radius 1 is 1.11 bits per heavy atom. The molecular formula is C30H35FN4O. The number of fused-ring (bicyclic) bond motifs is 1. The maximum absolute atomic E-state index is 14.4. The summed E-state index contributed by atoms with van der Waals surface area (Å²) in [6.45, 7) is 9.27. The van der Waals surface area contributed by atoms with Crippen molar-refractivity contribution in [3.8, 4) is 11.1 Å². The highest BCUT2D eigenvalue weighted by Crippen LogP contribution is 2.43. The van der Waals surface area contributed by atoms with Gasteiger partial charge in [-0.15, -0.1) is 0 Å². The molecule has 5 rings (SSSR count). The molecule has 188 valence electrons. The first-order chi connectivity index (χ1) is 17.3. The van der Waals surface area contributed by atoms with Crippen LogP contribution in [0.4, 0.5) is 10.3 Å². The summed E-state index contributed by atoms with van der Waals surface area (Å²) in [4.78, 5) is 30.0. The Hall–Kier alpha value is -3.15. The number of anilines is 1. The molecule has 3 aromatic rings. The van der Waals surface area contributed by atoms with E-state index in [0.29, 0.717) is 17.4 Å². The summed E-state index contributed by atoms with van der Waals surface area (Å²) in [5, 5.41) is 0. The Balaban J connectivity index is 1.38. The van der Waals surface area contributed by atoms with Gasteiger partial charge in [0.25, 0.3) is 0 Å². The number of halogens is 1. The minimum atomic E-state index is -0.383. The second kappa shape index (κ2) is 10.1. The van der Waals surface area contributed by atoms with Crippen LogP contribution in [0.15, 0.2) is 42.6 Å². The Morgan fingerprint density at radius 3 is 2.58 bits per heavy atom. The van der Waals surface area contributed by atoms with E-state index in [1.54, 1.807) is 6.07 Å². The lowest BCUT2D eigenvalue weighted by molar-refractivity contribution is 0.0812. The highest BCUT2D eigenvalue weighted by Gasteiger charge is 2.46. The first-order valence-electron chi connectivity index (χ1n) is 13.2. The molecule has 3 heterocycles. The van der Waals surface area contributed by atoms with E-state index < -0.39 is 0 Å². The standard InChI is InChI=1S/C30H35FN4O/c1-5-6-18(2)27-12-9-22(16-32-27)25-11-10-24(31)15-26(25)29(36)21-7-8-23-17-35(28(23)14-21)30-33-19(3)13-20(4)34-30/h9-13,15-16,18,21,23,28H,5-8,14,17H2,1-4H3/t18?,21?,23-,28-/m0/s1. The second-order valence-electron chi connectivity index (χ2n) is 10.7. The van der Waals surface area contributed by atoms with Crippen molar-refractivity contribution in [2.24, 2.45) is 11.8 Å². The number of hydrogen-bond donors (Lipinski definition) is 0. The van der Waals surface area contributed by atoms with Crippen LogP contribution in [0.1, 0.15) is 79.3 Å². The molecule has 0 amide bonds. The number of aryl methyl sites for hydroxylation is 2. The third-order valence-electron chi connectivity index (χ3n) is 7.96. The number of carbonyl (C=O) groups is 1. The van der Waals surface area contributed by atoms with Crippen LogP contribution in [0.25, 0.3) is 11.1 Å². The first kappa shape index (κ1) is 24.5. The molecule has 2 aliphatic rings. The maximum atomic E-state index is 14.4. The van der Waals surface area contributed by atoms with Crippen LogP contribution in [0, 0.1) is 31.5 Å². The molecule has 0 spiro atoms. The summed E-state index contributed by atoms with van der Waals surface area (Å²) >= 11 is 0. The molecule has 4 atom stereocenters. The molecule has 1 aliphatic heterocycles. The van der Waals surface area contributed by atoms with Crippen LogP contribution in [0.5, 0.6) is 0 Å². The summed E-state index contributed by atoms with van der Waals surface area (Å²) in [6, 6.07) is 10.8. The first-order valence-corrected chi connectivity index (χ1v) is 13.2. The van der Waals surface area contributed by atoms with Crippen LogP contribution in [0.3, 0.4) is 0 Å². The van der Waals surface area contributed by atoms with Crippen molar-refractivity contribution < 1.29 is 9.18 Å². The fourth-order valence-electron chi connectivity index (χ4n) is 5.99. The molecule has 2 aromatic heterocycles. The van der Waals surface area contributed by atoms with Crippen molar-refractivity contribution in [3.05, 3.63) is 71.1 Å². The van der Waals surface area contributed by atoms with Gasteiger partial charge in [-0.25, -0.2) is 14.4 Å². The van der Waals surface area contributed by atoms with E-state index in [2.05, 4.69) is 33.7 Å². The van der Waals surface area contributed by atoms with Crippen molar-refractivity contribution in [1.29, 1.82) is 0 Å². The number of ketones is 1. The molecule has 0 radical (unpaired) electrons. The van der Waals surface area contributed by atoms with Gasteiger partial charge in [-0.3, -0.25) is 9.78 Å². The van der Waals surface area contributed by atoms with Crippen molar-refractivity contribution in [2.75, 3.05) is 11.4 Å². The van der Waals surface area contributed by atoms with E-state index in [-0.39, 0.29) is 23.6 Å². The maximum Gasteiger partial charge on any atom is 0.226 e. The lowest BCUT2D eigenvalue weighted by Crippen LogP contribution is -2.60. The van der Waals surface area contributed by atoms with Gasteiger partial charge in [-0.2, -0.15) is 0 Å². The quantitative estimate of drug-likeness (QED) is 0.348. The summed E-state index contributed by atoms with van der Waals surface area (Å²) in [5.41, 5.74) is 5.04. The van der Waals surface area contributed by atoms with Gasteiger partial charge < -0.3 is 4.90 Å². The smallest absolute Gasteiger partial charge is 0.226 e. The normalized spacial score (nSPS) is 22.0. The van der Waals surface area contributed by atoms with Gasteiger partial charge in [0.2, 0.25) is 5.95 Å². The van der Waals surface area contributed by atoms with Crippen molar-refractivity contribution in [3.63, 3.8) is 0 Å². The second-order valence-corrected chi connectivity index (χ2v) is 10.7. The molecule has 1 saturated heterocycles. The molecule has 1 saturated carbocycles. The molecule has 6 heteroatoms. The average Bonchev–Trinajstić information content (AvgIpc) is 2.84. The summed E-state index contributed by atoms with van der Waals surface area (Å²) in [5.74, 6) is 1.21. The Labute approximate surface area is 213 Å². The number of Topliss-reactive ketones (excluding diaryl/α,β-unsaturated/α-hetero) is 1. The van der Waals surface area contributed by atoms with Gasteiger partial charge in [0.05, 0.1) is 0 Å². The molecule has 5 nitrogen and oxygen atoms in total. The van der Waals surface area contributed by atoms with Gasteiger partial charge in [-0.1, -0.05) is 32.4 Å². The number of nitrogens with zero attached hydrogens (tertiary/aromatic N) is 4. The zero-order valence-corrected chi connectivity index (χ0v) is 21.7. The number of benzene rings is 1. The minimum Gasteiger partial charge on any atom is -0.337 e. The Morgan fingerprint density at radius 2 is 1.89 bits per heavy atom. The number of aromatic nitrogens is 3. The molecule has 2 unspecified atom stereocenters. The number of pyridine rings is 1. The van der Waals surface area contributed by atoms with E-state index >= 15 is 0 Å². The Kier molecular flexibility index (Phi) is 6.87. The number of rotatable bonds is 7. The van der Waals surface area contributed by atoms with Crippen molar-refractivity contribution in [2.45, 2.75) is 71.8 Å². The van der Waals surface area contributed by atoms with Crippen LogP contribution >= 0.6 is 0 Å². The highest BCUT2D eigenvalue weighted by molar-refractivity contribution is 6.03. The summed E-state index contributed by atoms with van der Waals surface area (Å²) < 4.78 is 14.4. The van der Waals surface area contributed by atoms with E-state index in [9.17, 15) is 9.18 Å². The van der Waals surface area contributed by atoms with Crippen LogP contribution < -0.4 is 4.90 Å². The van der Waals surface area contributed by atoms with Crippen LogP contribution in [-0.4, -0.2) is 33.3 Å². The largest absolute Gasteiger partial charge is 0.337 e. The third-order valence-corrected chi connectivity index (χ3v) is 7.96. The Bertz CT molecular complexity index is 1240. The monoisotopic (exact) mass is 486 g/mol. The fourth-order valence-corrected chi connectivity index (χ4v) is 5.99. The molecule has 0 N–H and O–H groups in total. The lowest BCUT2D eigenvalue weighted by atomic mass is 9.70. The lowest BCUT2D eigenvalue weighted by Gasteiger charge is -2.52. The minimum absolute atomic E-state index is 0.0274. The average molecular weight is 487 g/mol. The molecule has 1 aromatic carbocycles. The zero-order valence-electron chi connectivity index (χ0n) is 21.7. The number of carbonyl (C=O) groups excluding carboxylic acids is 1.